The second-order valence-corrected chi connectivity index (χ2v) is 8.68. The first kappa shape index (κ1) is 20.6. The van der Waals surface area contributed by atoms with Crippen molar-refractivity contribution in [3.63, 3.8) is 0 Å². The van der Waals surface area contributed by atoms with Gasteiger partial charge in [-0.05, 0) is 37.7 Å². The molecule has 2 aliphatic rings. The fraction of sp³-hybridized carbons (Fsp3) is 0.360. The van der Waals surface area contributed by atoms with Crippen LogP contribution in [0.25, 0.3) is 10.9 Å². The average molecular weight is 430 g/mol. The van der Waals surface area contributed by atoms with Gasteiger partial charge < -0.3 is 14.7 Å². The number of likely N-dealkylation sites (N-methyl/N-ethyl adjacent to an activating group) is 1. The summed E-state index contributed by atoms with van der Waals surface area (Å²) in [5, 5.41) is 0.892. The van der Waals surface area contributed by atoms with Gasteiger partial charge in [-0.1, -0.05) is 18.2 Å². The number of aromatic nitrogens is 2. The Morgan fingerprint density at radius 2 is 1.66 bits per heavy atom. The van der Waals surface area contributed by atoms with Gasteiger partial charge >= 0.3 is 0 Å². The number of fused-ring (bicyclic) bond motifs is 1. The Morgan fingerprint density at radius 3 is 2.44 bits per heavy atom. The first-order chi connectivity index (χ1) is 15.6. The van der Waals surface area contributed by atoms with Crippen LogP contribution in [0, 0.1) is 0 Å². The normalized spacial score (nSPS) is 19.5. The maximum atomic E-state index is 13.5. The SMILES string of the molecule is CN1CCN(C(=O)c2cc([C@@H]3CCN(C(=O)c4ccncc4)C3)nc3ccccc23)CC1. The monoisotopic (exact) mass is 429 g/mol. The van der Waals surface area contributed by atoms with E-state index >= 15 is 0 Å². The van der Waals surface area contributed by atoms with Gasteiger partial charge in [0.1, 0.15) is 0 Å². The van der Waals surface area contributed by atoms with E-state index in [1.54, 1.807) is 24.5 Å². The number of benzene rings is 1. The zero-order valence-electron chi connectivity index (χ0n) is 18.3. The molecule has 164 valence electrons. The van der Waals surface area contributed by atoms with Crippen molar-refractivity contribution in [2.45, 2.75) is 12.3 Å². The zero-order valence-corrected chi connectivity index (χ0v) is 18.3. The van der Waals surface area contributed by atoms with E-state index in [0.717, 1.165) is 49.2 Å². The molecule has 1 atom stereocenters. The molecule has 0 saturated carbocycles. The molecule has 7 nitrogen and oxygen atoms in total. The molecule has 2 aromatic heterocycles. The van der Waals surface area contributed by atoms with Gasteiger partial charge in [0.15, 0.2) is 0 Å². The van der Waals surface area contributed by atoms with E-state index in [9.17, 15) is 9.59 Å². The van der Waals surface area contributed by atoms with E-state index in [1.807, 2.05) is 40.1 Å². The van der Waals surface area contributed by atoms with Crippen LogP contribution in [0.2, 0.25) is 0 Å². The number of hydrogen-bond acceptors (Lipinski definition) is 5. The molecular formula is C25H27N5O2. The minimum Gasteiger partial charge on any atom is -0.338 e. The summed E-state index contributed by atoms with van der Waals surface area (Å²) in [6.07, 6.45) is 4.12. The van der Waals surface area contributed by atoms with Crippen molar-refractivity contribution in [1.82, 2.24) is 24.7 Å². The molecule has 0 spiro atoms. The largest absolute Gasteiger partial charge is 0.338 e. The first-order valence-electron chi connectivity index (χ1n) is 11.2. The lowest BCUT2D eigenvalue weighted by atomic mass is 9.98. The quantitative estimate of drug-likeness (QED) is 0.640. The predicted octanol–water partition coefficient (Wildman–Crippen LogP) is 2.65. The van der Waals surface area contributed by atoms with Crippen LogP contribution in [0.5, 0.6) is 0 Å². The van der Waals surface area contributed by atoms with Gasteiger partial charge in [-0.2, -0.15) is 0 Å². The number of para-hydroxylation sites is 1. The van der Waals surface area contributed by atoms with Crippen LogP contribution in [-0.4, -0.2) is 82.8 Å². The summed E-state index contributed by atoms with van der Waals surface area (Å²) in [6.45, 7) is 4.53. The third-order valence-corrected chi connectivity index (χ3v) is 6.58. The fourth-order valence-electron chi connectivity index (χ4n) is 4.63. The summed E-state index contributed by atoms with van der Waals surface area (Å²) in [5.74, 6) is 0.203. The van der Waals surface area contributed by atoms with Crippen molar-refractivity contribution in [3.8, 4) is 0 Å². The number of amides is 2. The predicted molar refractivity (Wildman–Crippen MR) is 123 cm³/mol. The summed E-state index contributed by atoms with van der Waals surface area (Å²) >= 11 is 0. The van der Waals surface area contributed by atoms with Crippen molar-refractivity contribution in [1.29, 1.82) is 0 Å². The minimum absolute atomic E-state index is 0.0180. The highest BCUT2D eigenvalue weighted by Gasteiger charge is 2.30. The van der Waals surface area contributed by atoms with Crippen LogP contribution < -0.4 is 0 Å². The first-order valence-corrected chi connectivity index (χ1v) is 11.2. The van der Waals surface area contributed by atoms with E-state index in [-0.39, 0.29) is 17.7 Å². The molecular weight excluding hydrogens is 402 g/mol. The third-order valence-electron chi connectivity index (χ3n) is 6.58. The summed E-state index contributed by atoms with van der Waals surface area (Å²) in [7, 11) is 2.08. The lowest BCUT2D eigenvalue weighted by Crippen LogP contribution is -2.47. The van der Waals surface area contributed by atoms with E-state index in [4.69, 9.17) is 4.98 Å². The van der Waals surface area contributed by atoms with Crippen molar-refractivity contribution in [3.05, 3.63) is 71.7 Å². The van der Waals surface area contributed by atoms with Gasteiger partial charge in [-0.3, -0.25) is 19.6 Å². The number of carbonyl (C=O) groups is 2. The number of pyridine rings is 2. The molecule has 32 heavy (non-hydrogen) atoms. The number of carbonyl (C=O) groups excluding carboxylic acids is 2. The second-order valence-electron chi connectivity index (χ2n) is 8.68. The molecule has 0 radical (unpaired) electrons. The Kier molecular flexibility index (Phi) is 5.57. The van der Waals surface area contributed by atoms with Crippen LogP contribution in [0.4, 0.5) is 0 Å². The molecule has 2 saturated heterocycles. The van der Waals surface area contributed by atoms with Crippen molar-refractivity contribution < 1.29 is 9.59 Å². The maximum Gasteiger partial charge on any atom is 0.254 e. The Bertz CT molecular complexity index is 1140. The average Bonchev–Trinajstić information content (AvgIpc) is 3.34. The van der Waals surface area contributed by atoms with Crippen LogP contribution >= 0.6 is 0 Å². The van der Waals surface area contributed by atoms with E-state index < -0.39 is 0 Å². The molecule has 1 aromatic carbocycles. The second kappa shape index (κ2) is 8.67. The van der Waals surface area contributed by atoms with Crippen molar-refractivity contribution >= 4 is 22.7 Å². The Labute approximate surface area is 187 Å². The van der Waals surface area contributed by atoms with Gasteiger partial charge in [-0.15, -0.1) is 0 Å². The van der Waals surface area contributed by atoms with Crippen LogP contribution in [0.3, 0.4) is 0 Å². The van der Waals surface area contributed by atoms with Gasteiger partial charge in [0, 0.05) is 74.2 Å². The summed E-state index contributed by atoms with van der Waals surface area (Å²) in [6, 6.07) is 13.3. The standard InChI is InChI=1S/C25H27N5O2/c1-28-12-14-29(15-13-28)25(32)21-16-23(27-22-5-3-2-4-20(21)22)19-8-11-30(17-19)24(31)18-6-9-26-10-7-18/h2-7,9-10,16,19H,8,11-15,17H2,1H3/t19-/m1/s1. The van der Waals surface area contributed by atoms with E-state index in [1.165, 1.54) is 0 Å². The molecule has 7 heteroatoms. The molecule has 2 fully saturated rings. The molecule has 0 aliphatic carbocycles. The van der Waals surface area contributed by atoms with Gasteiger partial charge in [0.25, 0.3) is 11.8 Å². The highest BCUT2D eigenvalue weighted by Crippen LogP contribution is 2.30. The lowest BCUT2D eigenvalue weighted by Gasteiger charge is -2.32. The third kappa shape index (κ3) is 3.96. The fourth-order valence-corrected chi connectivity index (χ4v) is 4.63. The molecule has 5 rings (SSSR count). The van der Waals surface area contributed by atoms with Crippen LogP contribution in [-0.2, 0) is 0 Å². The maximum absolute atomic E-state index is 13.5. The van der Waals surface area contributed by atoms with Gasteiger partial charge in [0.2, 0.25) is 0 Å². The Balaban J connectivity index is 1.42. The molecule has 0 N–H and O–H groups in total. The van der Waals surface area contributed by atoms with E-state index in [0.29, 0.717) is 24.2 Å². The van der Waals surface area contributed by atoms with Crippen molar-refractivity contribution in [2.75, 3.05) is 46.3 Å². The smallest absolute Gasteiger partial charge is 0.254 e. The highest BCUT2D eigenvalue weighted by molar-refractivity contribution is 6.06. The lowest BCUT2D eigenvalue weighted by molar-refractivity contribution is 0.0665. The van der Waals surface area contributed by atoms with Crippen LogP contribution in [0.15, 0.2) is 54.9 Å². The molecule has 2 amide bonds. The number of piperazine rings is 1. The molecule has 4 heterocycles. The minimum atomic E-state index is 0.0180. The van der Waals surface area contributed by atoms with Crippen molar-refractivity contribution in [2.24, 2.45) is 0 Å². The Morgan fingerprint density at radius 1 is 0.906 bits per heavy atom. The molecule has 2 aliphatic heterocycles. The summed E-state index contributed by atoms with van der Waals surface area (Å²) in [4.78, 5) is 41.3. The van der Waals surface area contributed by atoms with E-state index in [2.05, 4.69) is 16.9 Å². The number of rotatable bonds is 3. The molecule has 3 aromatic rings. The number of hydrogen-bond donors (Lipinski definition) is 0. The Hall–Kier alpha value is -3.32. The number of likely N-dealkylation sites (tertiary alicyclic amines) is 1. The summed E-state index contributed by atoms with van der Waals surface area (Å²) in [5.41, 5.74) is 3.10. The highest BCUT2D eigenvalue weighted by atomic mass is 16.2. The molecule has 0 bridgehead atoms. The molecule has 0 unspecified atom stereocenters. The number of nitrogens with zero attached hydrogens (tertiary/aromatic N) is 5. The summed E-state index contributed by atoms with van der Waals surface area (Å²) < 4.78 is 0. The van der Waals surface area contributed by atoms with Gasteiger partial charge in [0.05, 0.1) is 11.1 Å². The van der Waals surface area contributed by atoms with Gasteiger partial charge in [-0.25, -0.2) is 0 Å². The zero-order chi connectivity index (χ0) is 22.1. The topological polar surface area (TPSA) is 69.6 Å². The van der Waals surface area contributed by atoms with Crippen LogP contribution in [0.1, 0.15) is 38.7 Å².